The zero-order chi connectivity index (χ0) is 12.6. The van der Waals surface area contributed by atoms with Gasteiger partial charge in [0.15, 0.2) is 0 Å². The molecule has 0 aliphatic carbocycles. The molecule has 0 saturated heterocycles. The van der Waals surface area contributed by atoms with Gasteiger partial charge in [0.05, 0.1) is 12.1 Å². The second-order valence-corrected chi connectivity index (χ2v) is 4.99. The number of hydrogen-bond acceptors (Lipinski definition) is 2. The third-order valence-corrected chi connectivity index (χ3v) is 3.45. The van der Waals surface area contributed by atoms with Crippen LogP contribution < -0.4 is 0 Å². The molecule has 1 aromatic carbocycles. The fourth-order valence-corrected chi connectivity index (χ4v) is 2.08. The van der Waals surface area contributed by atoms with Crippen molar-refractivity contribution >= 4 is 22.5 Å². The molecule has 90 valence electrons. The van der Waals surface area contributed by atoms with E-state index >= 15 is 0 Å². The summed E-state index contributed by atoms with van der Waals surface area (Å²) in [7, 11) is 0. The van der Waals surface area contributed by atoms with E-state index in [1.807, 2.05) is 25.1 Å². The largest absolute Gasteiger partial charge is 0.392 e. The molecule has 0 bridgehead atoms. The molecule has 0 spiro atoms. The van der Waals surface area contributed by atoms with E-state index in [1.165, 1.54) is 0 Å². The first-order valence-electron chi connectivity index (χ1n) is 5.74. The minimum absolute atomic E-state index is 0.0276. The summed E-state index contributed by atoms with van der Waals surface area (Å²) in [4.78, 5) is 4.65. The Balaban J connectivity index is 2.83. The zero-order valence-electron chi connectivity index (χ0n) is 10.3. The maximum Gasteiger partial charge on any atom is 0.0753 e. The van der Waals surface area contributed by atoms with Crippen LogP contribution in [-0.4, -0.2) is 10.1 Å². The molecule has 17 heavy (non-hydrogen) atoms. The SMILES string of the molecule is Cc1c(Cl)ccc2c(CO)cc(C(C)C)nc12. The van der Waals surface area contributed by atoms with Crippen LogP contribution >= 0.6 is 11.6 Å². The second kappa shape index (κ2) is 4.63. The first kappa shape index (κ1) is 12.3. The third kappa shape index (κ3) is 2.15. The smallest absolute Gasteiger partial charge is 0.0753 e. The van der Waals surface area contributed by atoms with Crippen molar-refractivity contribution < 1.29 is 5.11 Å². The summed E-state index contributed by atoms with van der Waals surface area (Å²) in [6.45, 7) is 6.17. The van der Waals surface area contributed by atoms with Crippen molar-refractivity contribution in [2.24, 2.45) is 0 Å². The molecule has 0 aliphatic rings. The van der Waals surface area contributed by atoms with Crippen LogP contribution in [0.5, 0.6) is 0 Å². The van der Waals surface area contributed by atoms with Gasteiger partial charge in [-0.2, -0.15) is 0 Å². The number of hydrogen-bond donors (Lipinski definition) is 1. The number of aliphatic hydroxyl groups is 1. The van der Waals surface area contributed by atoms with Crippen LogP contribution in [0.15, 0.2) is 18.2 Å². The number of aromatic nitrogens is 1. The van der Waals surface area contributed by atoms with Gasteiger partial charge in [-0.05, 0) is 36.1 Å². The van der Waals surface area contributed by atoms with Crippen LogP contribution in [0, 0.1) is 6.92 Å². The first-order chi connectivity index (χ1) is 8.04. The van der Waals surface area contributed by atoms with Crippen molar-refractivity contribution in [2.45, 2.75) is 33.3 Å². The van der Waals surface area contributed by atoms with Gasteiger partial charge in [0.2, 0.25) is 0 Å². The van der Waals surface area contributed by atoms with E-state index in [1.54, 1.807) is 0 Å². The van der Waals surface area contributed by atoms with E-state index in [0.29, 0.717) is 5.92 Å². The van der Waals surface area contributed by atoms with Crippen molar-refractivity contribution in [2.75, 3.05) is 0 Å². The zero-order valence-corrected chi connectivity index (χ0v) is 11.0. The molecule has 0 unspecified atom stereocenters. The summed E-state index contributed by atoms with van der Waals surface area (Å²) < 4.78 is 0. The Bertz CT molecular complexity index is 564. The van der Waals surface area contributed by atoms with Crippen LogP contribution in [0.25, 0.3) is 10.9 Å². The number of aryl methyl sites for hydroxylation is 1. The number of aliphatic hydroxyl groups excluding tert-OH is 1. The Hall–Kier alpha value is -1.12. The third-order valence-electron chi connectivity index (χ3n) is 3.04. The number of benzene rings is 1. The van der Waals surface area contributed by atoms with E-state index in [9.17, 15) is 5.11 Å². The molecular weight excluding hydrogens is 234 g/mol. The highest BCUT2D eigenvalue weighted by Gasteiger charge is 2.11. The van der Waals surface area contributed by atoms with Crippen molar-refractivity contribution in [3.63, 3.8) is 0 Å². The van der Waals surface area contributed by atoms with Crippen LogP contribution in [0.3, 0.4) is 0 Å². The van der Waals surface area contributed by atoms with Gasteiger partial charge in [0, 0.05) is 16.1 Å². The Morgan fingerprint density at radius 1 is 1.35 bits per heavy atom. The molecule has 0 atom stereocenters. The molecule has 2 aromatic rings. The van der Waals surface area contributed by atoms with Gasteiger partial charge in [-0.25, -0.2) is 0 Å². The van der Waals surface area contributed by atoms with Gasteiger partial charge in [0.25, 0.3) is 0 Å². The fourth-order valence-electron chi connectivity index (χ4n) is 1.92. The monoisotopic (exact) mass is 249 g/mol. The minimum Gasteiger partial charge on any atom is -0.392 e. The number of halogens is 1. The summed E-state index contributed by atoms with van der Waals surface area (Å²) >= 11 is 6.11. The summed E-state index contributed by atoms with van der Waals surface area (Å²) in [5.74, 6) is 0.336. The quantitative estimate of drug-likeness (QED) is 0.878. The van der Waals surface area contributed by atoms with Crippen molar-refractivity contribution in [3.8, 4) is 0 Å². The summed E-state index contributed by atoms with van der Waals surface area (Å²) in [5, 5.41) is 11.1. The molecule has 0 saturated carbocycles. The molecule has 0 radical (unpaired) electrons. The predicted molar refractivity (Wildman–Crippen MR) is 71.5 cm³/mol. The number of pyridine rings is 1. The molecule has 2 rings (SSSR count). The molecule has 0 aliphatic heterocycles. The highest BCUT2D eigenvalue weighted by molar-refractivity contribution is 6.32. The second-order valence-electron chi connectivity index (χ2n) is 4.59. The van der Waals surface area contributed by atoms with Gasteiger partial charge in [-0.3, -0.25) is 4.98 Å². The number of nitrogens with zero attached hydrogens (tertiary/aromatic N) is 1. The standard InChI is InChI=1S/C14H16ClNO/c1-8(2)13-6-10(7-17)11-4-5-12(15)9(3)14(11)16-13/h4-6,8,17H,7H2,1-3H3. The lowest BCUT2D eigenvalue weighted by Crippen LogP contribution is -1.99. The maximum absolute atomic E-state index is 9.44. The van der Waals surface area contributed by atoms with Gasteiger partial charge in [0.1, 0.15) is 0 Å². The molecule has 0 fully saturated rings. The topological polar surface area (TPSA) is 33.1 Å². The van der Waals surface area contributed by atoms with Gasteiger partial charge < -0.3 is 5.11 Å². The Labute approximate surface area is 106 Å². The van der Waals surface area contributed by atoms with Crippen LogP contribution in [0.2, 0.25) is 5.02 Å². The first-order valence-corrected chi connectivity index (χ1v) is 6.12. The Morgan fingerprint density at radius 3 is 2.65 bits per heavy atom. The summed E-state index contributed by atoms with van der Waals surface area (Å²) in [5.41, 5.74) is 3.78. The summed E-state index contributed by atoms with van der Waals surface area (Å²) in [6.07, 6.45) is 0. The average molecular weight is 250 g/mol. The molecule has 2 nitrogen and oxygen atoms in total. The lowest BCUT2D eigenvalue weighted by molar-refractivity contribution is 0.283. The Morgan fingerprint density at radius 2 is 2.06 bits per heavy atom. The van der Waals surface area contributed by atoms with Crippen LogP contribution in [0.1, 0.15) is 36.6 Å². The summed E-state index contributed by atoms with van der Waals surface area (Å²) in [6, 6.07) is 5.75. The van der Waals surface area contributed by atoms with E-state index in [-0.39, 0.29) is 6.61 Å². The molecule has 1 aromatic heterocycles. The molecule has 0 amide bonds. The predicted octanol–water partition coefficient (Wildman–Crippen LogP) is 3.81. The van der Waals surface area contributed by atoms with Crippen molar-refractivity contribution in [1.82, 2.24) is 4.98 Å². The van der Waals surface area contributed by atoms with E-state index in [4.69, 9.17) is 11.6 Å². The highest BCUT2D eigenvalue weighted by Crippen LogP contribution is 2.28. The van der Waals surface area contributed by atoms with Crippen LogP contribution in [0.4, 0.5) is 0 Å². The minimum atomic E-state index is 0.0276. The normalized spacial score (nSPS) is 11.4. The van der Waals surface area contributed by atoms with Crippen molar-refractivity contribution in [1.29, 1.82) is 0 Å². The molecular formula is C14H16ClNO. The van der Waals surface area contributed by atoms with Crippen molar-refractivity contribution in [3.05, 3.63) is 40.0 Å². The van der Waals surface area contributed by atoms with E-state index in [0.717, 1.165) is 32.7 Å². The number of fused-ring (bicyclic) bond motifs is 1. The van der Waals surface area contributed by atoms with Gasteiger partial charge >= 0.3 is 0 Å². The van der Waals surface area contributed by atoms with Gasteiger partial charge in [-0.15, -0.1) is 0 Å². The van der Waals surface area contributed by atoms with Crippen LogP contribution in [-0.2, 0) is 6.61 Å². The molecule has 3 heteroatoms. The maximum atomic E-state index is 9.44. The lowest BCUT2D eigenvalue weighted by Gasteiger charge is -2.12. The fraction of sp³-hybridized carbons (Fsp3) is 0.357. The highest BCUT2D eigenvalue weighted by atomic mass is 35.5. The molecule has 1 N–H and O–H groups in total. The average Bonchev–Trinajstić information content (AvgIpc) is 2.32. The van der Waals surface area contributed by atoms with E-state index in [2.05, 4.69) is 18.8 Å². The number of rotatable bonds is 2. The van der Waals surface area contributed by atoms with E-state index < -0.39 is 0 Å². The Kier molecular flexibility index (Phi) is 3.36. The lowest BCUT2D eigenvalue weighted by atomic mass is 10.0. The van der Waals surface area contributed by atoms with Gasteiger partial charge in [-0.1, -0.05) is 31.5 Å². The molecule has 1 heterocycles.